The minimum Gasteiger partial charge on any atom is -0.385 e. The minimum absolute atomic E-state index is 0.172. The van der Waals surface area contributed by atoms with Crippen molar-refractivity contribution >= 4 is 5.91 Å². The summed E-state index contributed by atoms with van der Waals surface area (Å²) in [4.78, 5) is 13.1. The first-order valence-electron chi connectivity index (χ1n) is 4.65. The van der Waals surface area contributed by atoms with Crippen LogP contribution in [0.1, 0.15) is 19.3 Å². The Kier molecular flexibility index (Phi) is 7.63. The fourth-order valence-corrected chi connectivity index (χ4v) is 1.01. The molecule has 0 aliphatic carbocycles. The van der Waals surface area contributed by atoms with E-state index in [0.717, 1.165) is 19.4 Å². The Bertz CT molecular complexity index is 140. The molecule has 4 heteroatoms. The molecule has 0 heterocycles. The van der Waals surface area contributed by atoms with Gasteiger partial charge in [0.1, 0.15) is 0 Å². The molecule has 2 N–H and O–H groups in total. The molecule has 0 saturated carbocycles. The lowest BCUT2D eigenvalue weighted by atomic mass is 10.3. The van der Waals surface area contributed by atoms with Gasteiger partial charge in [-0.3, -0.25) is 4.79 Å². The Labute approximate surface area is 80.0 Å². The Morgan fingerprint density at radius 1 is 1.46 bits per heavy atom. The largest absolute Gasteiger partial charge is 0.385 e. The first-order valence-corrected chi connectivity index (χ1v) is 4.65. The van der Waals surface area contributed by atoms with Crippen LogP contribution in [0.5, 0.6) is 0 Å². The molecule has 0 aromatic rings. The van der Waals surface area contributed by atoms with E-state index < -0.39 is 0 Å². The van der Waals surface area contributed by atoms with Crippen molar-refractivity contribution in [1.29, 1.82) is 0 Å². The Balaban J connectivity index is 3.45. The summed E-state index contributed by atoms with van der Waals surface area (Å²) in [5, 5.41) is 0. The van der Waals surface area contributed by atoms with Gasteiger partial charge in [-0.25, -0.2) is 0 Å². The zero-order valence-corrected chi connectivity index (χ0v) is 8.58. The molecular formula is C9H20N2O2. The van der Waals surface area contributed by atoms with E-state index in [2.05, 4.69) is 0 Å². The highest BCUT2D eigenvalue weighted by Gasteiger charge is 2.06. The van der Waals surface area contributed by atoms with Gasteiger partial charge in [0.25, 0.3) is 0 Å². The Morgan fingerprint density at radius 3 is 2.69 bits per heavy atom. The lowest BCUT2D eigenvalue weighted by molar-refractivity contribution is -0.130. The standard InChI is InChI=1S/C9H20N2O2/c1-11(7-4-6-10)9(12)5-3-8-13-2/h3-8,10H2,1-2H3. The van der Waals surface area contributed by atoms with Crippen LogP contribution in [-0.2, 0) is 9.53 Å². The number of hydrogen-bond acceptors (Lipinski definition) is 3. The SMILES string of the molecule is COCCCC(=O)N(C)CCCN. The summed E-state index contributed by atoms with van der Waals surface area (Å²) < 4.78 is 4.86. The number of carbonyl (C=O) groups is 1. The first kappa shape index (κ1) is 12.4. The van der Waals surface area contributed by atoms with Crippen molar-refractivity contribution in [2.24, 2.45) is 5.73 Å². The molecule has 0 rings (SSSR count). The molecule has 1 amide bonds. The molecule has 0 radical (unpaired) electrons. The molecule has 0 aromatic heterocycles. The lowest BCUT2D eigenvalue weighted by Crippen LogP contribution is -2.28. The monoisotopic (exact) mass is 188 g/mol. The number of nitrogens with zero attached hydrogens (tertiary/aromatic N) is 1. The molecule has 0 spiro atoms. The van der Waals surface area contributed by atoms with E-state index in [1.165, 1.54) is 0 Å². The Morgan fingerprint density at radius 2 is 2.15 bits per heavy atom. The van der Waals surface area contributed by atoms with Crippen LogP contribution in [0.2, 0.25) is 0 Å². The normalized spacial score (nSPS) is 10.1. The summed E-state index contributed by atoms with van der Waals surface area (Å²) in [5.41, 5.74) is 5.34. The van der Waals surface area contributed by atoms with Crippen molar-refractivity contribution in [2.75, 3.05) is 33.9 Å². The van der Waals surface area contributed by atoms with Crippen molar-refractivity contribution in [3.8, 4) is 0 Å². The number of hydrogen-bond donors (Lipinski definition) is 1. The molecule has 0 atom stereocenters. The topological polar surface area (TPSA) is 55.6 Å². The van der Waals surface area contributed by atoms with Gasteiger partial charge in [0, 0.05) is 33.7 Å². The molecule has 0 aromatic carbocycles. The molecule has 0 aliphatic rings. The van der Waals surface area contributed by atoms with Gasteiger partial charge >= 0.3 is 0 Å². The van der Waals surface area contributed by atoms with Crippen LogP contribution in [-0.4, -0.2) is 44.7 Å². The average molecular weight is 188 g/mol. The van der Waals surface area contributed by atoms with Gasteiger partial charge in [0.15, 0.2) is 0 Å². The third-order valence-electron chi connectivity index (χ3n) is 1.86. The van der Waals surface area contributed by atoms with Crippen molar-refractivity contribution in [2.45, 2.75) is 19.3 Å². The Hall–Kier alpha value is -0.610. The van der Waals surface area contributed by atoms with Crippen LogP contribution >= 0.6 is 0 Å². The highest BCUT2D eigenvalue weighted by molar-refractivity contribution is 5.75. The van der Waals surface area contributed by atoms with Crippen LogP contribution in [0.4, 0.5) is 0 Å². The molecule has 4 nitrogen and oxygen atoms in total. The van der Waals surface area contributed by atoms with Crippen molar-refractivity contribution in [3.05, 3.63) is 0 Å². The maximum atomic E-state index is 11.4. The van der Waals surface area contributed by atoms with Crippen LogP contribution in [0.25, 0.3) is 0 Å². The van der Waals surface area contributed by atoms with Crippen LogP contribution in [0, 0.1) is 0 Å². The zero-order chi connectivity index (χ0) is 10.1. The van der Waals surface area contributed by atoms with Crippen molar-refractivity contribution < 1.29 is 9.53 Å². The smallest absolute Gasteiger partial charge is 0.222 e. The maximum absolute atomic E-state index is 11.4. The molecule has 0 bridgehead atoms. The number of nitrogens with two attached hydrogens (primary N) is 1. The summed E-state index contributed by atoms with van der Waals surface area (Å²) in [6.45, 7) is 2.04. The number of ether oxygens (including phenoxy) is 1. The zero-order valence-electron chi connectivity index (χ0n) is 8.58. The van der Waals surface area contributed by atoms with Gasteiger partial charge in [0.05, 0.1) is 0 Å². The number of rotatable bonds is 7. The third kappa shape index (κ3) is 6.54. The fourth-order valence-electron chi connectivity index (χ4n) is 1.01. The second-order valence-electron chi connectivity index (χ2n) is 3.05. The van der Waals surface area contributed by atoms with E-state index in [4.69, 9.17) is 10.5 Å². The molecule has 0 fully saturated rings. The van der Waals surface area contributed by atoms with Crippen LogP contribution in [0.15, 0.2) is 0 Å². The van der Waals surface area contributed by atoms with Crippen molar-refractivity contribution in [1.82, 2.24) is 4.90 Å². The molecule has 13 heavy (non-hydrogen) atoms. The summed E-state index contributed by atoms with van der Waals surface area (Å²) in [6.07, 6.45) is 2.23. The highest BCUT2D eigenvalue weighted by Crippen LogP contribution is 1.96. The van der Waals surface area contributed by atoms with Gasteiger partial charge in [0.2, 0.25) is 5.91 Å². The van der Waals surface area contributed by atoms with Gasteiger partial charge in [-0.2, -0.15) is 0 Å². The second-order valence-corrected chi connectivity index (χ2v) is 3.05. The number of amides is 1. The van der Waals surface area contributed by atoms with E-state index in [-0.39, 0.29) is 5.91 Å². The fraction of sp³-hybridized carbons (Fsp3) is 0.889. The number of carbonyl (C=O) groups excluding carboxylic acids is 1. The predicted molar refractivity (Wildman–Crippen MR) is 52.4 cm³/mol. The molecule has 0 unspecified atom stereocenters. The summed E-state index contributed by atoms with van der Waals surface area (Å²) >= 11 is 0. The van der Waals surface area contributed by atoms with E-state index in [9.17, 15) is 4.79 Å². The van der Waals surface area contributed by atoms with Gasteiger partial charge in [-0.15, -0.1) is 0 Å². The van der Waals surface area contributed by atoms with E-state index in [0.29, 0.717) is 19.6 Å². The molecule has 78 valence electrons. The first-order chi connectivity index (χ1) is 6.22. The van der Waals surface area contributed by atoms with E-state index in [1.54, 1.807) is 12.0 Å². The average Bonchev–Trinajstić information content (AvgIpc) is 2.14. The minimum atomic E-state index is 0.172. The van der Waals surface area contributed by atoms with Crippen LogP contribution in [0.3, 0.4) is 0 Å². The summed E-state index contributed by atoms with van der Waals surface area (Å²) in [6, 6.07) is 0. The lowest BCUT2D eigenvalue weighted by Gasteiger charge is -2.16. The van der Waals surface area contributed by atoms with Gasteiger partial charge in [-0.05, 0) is 19.4 Å². The maximum Gasteiger partial charge on any atom is 0.222 e. The van der Waals surface area contributed by atoms with Crippen LogP contribution < -0.4 is 5.73 Å². The van der Waals surface area contributed by atoms with Gasteiger partial charge in [-0.1, -0.05) is 0 Å². The quantitative estimate of drug-likeness (QED) is 0.581. The second kappa shape index (κ2) is 8.01. The summed E-state index contributed by atoms with van der Waals surface area (Å²) in [7, 11) is 3.45. The highest BCUT2D eigenvalue weighted by atomic mass is 16.5. The molecular weight excluding hydrogens is 168 g/mol. The predicted octanol–water partition coefficient (Wildman–Crippen LogP) is 0.220. The third-order valence-corrected chi connectivity index (χ3v) is 1.86. The van der Waals surface area contributed by atoms with E-state index >= 15 is 0 Å². The van der Waals surface area contributed by atoms with E-state index in [1.807, 2.05) is 7.05 Å². The van der Waals surface area contributed by atoms with Gasteiger partial charge < -0.3 is 15.4 Å². The molecule has 0 saturated heterocycles. The molecule has 0 aliphatic heterocycles. The van der Waals surface area contributed by atoms with Crippen molar-refractivity contribution in [3.63, 3.8) is 0 Å². The summed E-state index contributed by atoms with van der Waals surface area (Å²) in [5.74, 6) is 0.172. The number of methoxy groups -OCH3 is 1.